The van der Waals surface area contributed by atoms with Crippen LogP contribution < -0.4 is 14.9 Å². The molecule has 5 rings (SSSR count). The van der Waals surface area contributed by atoms with Gasteiger partial charge < -0.3 is 9.47 Å². The van der Waals surface area contributed by atoms with Crippen LogP contribution in [0, 0.1) is 11.3 Å². The first kappa shape index (κ1) is 25.2. The van der Waals surface area contributed by atoms with E-state index in [-0.39, 0.29) is 5.91 Å². The monoisotopic (exact) mass is 512 g/mol. The van der Waals surface area contributed by atoms with E-state index in [1.165, 1.54) is 0 Å². The van der Waals surface area contributed by atoms with Gasteiger partial charge >= 0.3 is 0 Å². The molecule has 1 aromatic heterocycles. The quantitative estimate of drug-likeness (QED) is 0.199. The number of pyridine rings is 1. The number of hydrazone groups is 1. The number of carbonyl (C=O) groups excluding carboxylic acids is 1. The number of aromatic nitrogens is 1. The number of para-hydroxylation sites is 1. The molecule has 0 saturated carbocycles. The van der Waals surface area contributed by atoms with Crippen LogP contribution in [0.2, 0.25) is 0 Å². The number of hydrogen-bond acceptors (Lipinski definition) is 6. The predicted molar refractivity (Wildman–Crippen MR) is 151 cm³/mol. The lowest BCUT2D eigenvalue weighted by Gasteiger charge is -2.11. The molecule has 5 aromatic rings. The second-order valence-corrected chi connectivity index (χ2v) is 8.65. The minimum atomic E-state index is -0.337. The lowest BCUT2D eigenvalue weighted by atomic mass is 10.0. The summed E-state index contributed by atoms with van der Waals surface area (Å²) in [6, 6.07) is 33.7. The van der Waals surface area contributed by atoms with E-state index in [9.17, 15) is 4.79 Å². The summed E-state index contributed by atoms with van der Waals surface area (Å²) in [5.74, 6) is 0.766. The molecule has 0 aliphatic rings. The highest BCUT2D eigenvalue weighted by Gasteiger charge is 2.13. The van der Waals surface area contributed by atoms with Crippen LogP contribution in [-0.4, -0.2) is 24.2 Å². The van der Waals surface area contributed by atoms with E-state index in [4.69, 9.17) is 19.7 Å². The summed E-state index contributed by atoms with van der Waals surface area (Å²) in [6.07, 6.45) is 1.55. The number of rotatable bonds is 8. The highest BCUT2D eigenvalue weighted by Crippen LogP contribution is 2.29. The molecule has 0 aliphatic heterocycles. The van der Waals surface area contributed by atoms with Crippen molar-refractivity contribution in [3.05, 3.63) is 125 Å². The van der Waals surface area contributed by atoms with Gasteiger partial charge in [0.1, 0.15) is 6.61 Å². The molecule has 190 valence electrons. The third-order valence-electron chi connectivity index (χ3n) is 6.08. The molecule has 7 nitrogen and oxygen atoms in total. The molecule has 1 N–H and O–H groups in total. The minimum absolute atomic E-state index is 0.330. The Morgan fingerprint density at radius 3 is 2.49 bits per heavy atom. The topological polar surface area (TPSA) is 96.6 Å². The Bertz CT molecular complexity index is 1690. The van der Waals surface area contributed by atoms with Crippen LogP contribution in [0.25, 0.3) is 22.2 Å². The van der Waals surface area contributed by atoms with E-state index >= 15 is 0 Å². The average molecular weight is 513 g/mol. The van der Waals surface area contributed by atoms with E-state index < -0.39 is 0 Å². The molecule has 0 atom stereocenters. The molecule has 0 aliphatic carbocycles. The number of nitrogens with one attached hydrogen (secondary N) is 1. The molecular weight excluding hydrogens is 488 g/mol. The number of nitriles is 1. The van der Waals surface area contributed by atoms with Gasteiger partial charge in [0.15, 0.2) is 11.5 Å². The van der Waals surface area contributed by atoms with Gasteiger partial charge in [-0.3, -0.25) is 4.79 Å². The fraction of sp³-hybridized carbons (Fsp3) is 0.0625. The fourth-order valence-corrected chi connectivity index (χ4v) is 4.07. The smallest absolute Gasteiger partial charge is 0.272 e. The second-order valence-electron chi connectivity index (χ2n) is 8.65. The number of ether oxygens (including phenoxy) is 2. The fourth-order valence-electron chi connectivity index (χ4n) is 4.07. The van der Waals surface area contributed by atoms with Crippen molar-refractivity contribution in [1.29, 1.82) is 5.26 Å². The van der Waals surface area contributed by atoms with Crippen LogP contribution in [-0.2, 0) is 6.61 Å². The third kappa shape index (κ3) is 5.92. The molecule has 4 aromatic carbocycles. The van der Waals surface area contributed by atoms with Gasteiger partial charge in [-0.1, -0.05) is 60.7 Å². The lowest BCUT2D eigenvalue weighted by Crippen LogP contribution is -2.18. The van der Waals surface area contributed by atoms with Crippen LogP contribution in [0.4, 0.5) is 0 Å². The molecular formula is C32H24N4O3. The number of methoxy groups -OCH3 is 1. The van der Waals surface area contributed by atoms with Gasteiger partial charge in [-0.05, 0) is 53.6 Å². The maximum atomic E-state index is 13.2. The summed E-state index contributed by atoms with van der Waals surface area (Å²) in [7, 11) is 1.56. The standard InChI is InChI=1S/C32H24N4O3/c1-38-31-17-24(15-16-30(31)39-21-23-13-11-22(19-33)12-14-23)20-34-36-32(37)27-18-29(25-7-3-2-4-8-25)35-28-10-6-5-9-26(27)28/h2-18,20H,21H2,1H3,(H,36,37)/b34-20-. The number of amides is 1. The Morgan fingerprint density at radius 1 is 0.949 bits per heavy atom. The zero-order valence-corrected chi connectivity index (χ0v) is 21.2. The van der Waals surface area contributed by atoms with Crippen molar-refractivity contribution in [2.75, 3.05) is 7.11 Å². The Labute approximate surface area is 226 Å². The van der Waals surface area contributed by atoms with E-state index in [2.05, 4.69) is 16.6 Å². The van der Waals surface area contributed by atoms with Gasteiger partial charge in [-0.25, -0.2) is 10.4 Å². The molecule has 0 radical (unpaired) electrons. The molecule has 0 bridgehead atoms. The largest absolute Gasteiger partial charge is 0.493 e. The first-order valence-electron chi connectivity index (χ1n) is 12.2. The molecule has 0 spiro atoms. The van der Waals surface area contributed by atoms with E-state index in [0.29, 0.717) is 34.9 Å². The Kier molecular flexibility index (Phi) is 7.56. The molecule has 0 unspecified atom stereocenters. The van der Waals surface area contributed by atoms with E-state index in [1.807, 2.05) is 72.8 Å². The number of hydrogen-bond donors (Lipinski definition) is 1. The number of carbonyl (C=O) groups is 1. The van der Waals surface area contributed by atoms with Gasteiger partial charge in [-0.15, -0.1) is 0 Å². The summed E-state index contributed by atoms with van der Waals surface area (Å²) in [5, 5.41) is 13.9. The number of nitrogens with zero attached hydrogens (tertiary/aromatic N) is 3. The van der Waals surface area contributed by atoms with Crippen molar-refractivity contribution in [3.63, 3.8) is 0 Å². The number of fused-ring (bicyclic) bond motifs is 1. The summed E-state index contributed by atoms with van der Waals surface area (Å²) in [6.45, 7) is 0.330. The van der Waals surface area contributed by atoms with Gasteiger partial charge in [0.25, 0.3) is 5.91 Å². The minimum Gasteiger partial charge on any atom is -0.493 e. The SMILES string of the molecule is COc1cc(/C=N\NC(=O)c2cc(-c3ccccc3)nc3ccccc23)ccc1OCc1ccc(C#N)cc1. The van der Waals surface area contributed by atoms with Crippen LogP contribution in [0.5, 0.6) is 11.5 Å². The van der Waals surface area contributed by atoms with Crippen molar-refractivity contribution >= 4 is 23.0 Å². The third-order valence-corrected chi connectivity index (χ3v) is 6.08. The molecule has 39 heavy (non-hydrogen) atoms. The van der Waals surface area contributed by atoms with Crippen LogP contribution >= 0.6 is 0 Å². The highest BCUT2D eigenvalue weighted by atomic mass is 16.5. The van der Waals surface area contributed by atoms with Crippen LogP contribution in [0.1, 0.15) is 27.0 Å². The summed E-state index contributed by atoms with van der Waals surface area (Å²) < 4.78 is 11.4. The Hall–Kier alpha value is -5.48. The number of benzene rings is 4. The summed E-state index contributed by atoms with van der Waals surface area (Å²) in [4.78, 5) is 17.9. The van der Waals surface area contributed by atoms with Gasteiger partial charge in [0.2, 0.25) is 0 Å². The Morgan fingerprint density at radius 2 is 1.72 bits per heavy atom. The molecule has 1 amide bonds. The van der Waals surface area contributed by atoms with Crippen LogP contribution in [0.15, 0.2) is 108 Å². The zero-order valence-electron chi connectivity index (χ0n) is 21.2. The summed E-state index contributed by atoms with van der Waals surface area (Å²) >= 11 is 0. The second kappa shape index (κ2) is 11.7. The maximum absolute atomic E-state index is 13.2. The van der Waals surface area contributed by atoms with Gasteiger partial charge in [0, 0.05) is 10.9 Å². The van der Waals surface area contributed by atoms with Gasteiger partial charge in [-0.2, -0.15) is 10.4 Å². The lowest BCUT2D eigenvalue weighted by molar-refractivity contribution is 0.0956. The van der Waals surface area contributed by atoms with Crippen molar-refractivity contribution in [3.8, 4) is 28.8 Å². The molecule has 1 heterocycles. The van der Waals surface area contributed by atoms with Gasteiger partial charge in [0.05, 0.1) is 41.7 Å². The normalized spacial score (nSPS) is 10.8. The molecule has 7 heteroatoms. The van der Waals surface area contributed by atoms with Crippen molar-refractivity contribution < 1.29 is 14.3 Å². The van der Waals surface area contributed by atoms with E-state index in [0.717, 1.165) is 27.6 Å². The van der Waals surface area contributed by atoms with E-state index in [1.54, 1.807) is 43.7 Å². The Balaban J connectivity index is 1.30. The first-order chi connectivity index (χ1) is 19.1. The molecule has 0 fully saturated rings. The van der Waals surface area contributed by atoms with Crippen molar-refractivity contribution in [2.24, 2.45) is 5.10 Å². The highest BCUT2D eigenvalue weighted by molar-refractivity contribution is 6.07. The van der Waals surface area contributed by atoms with Crippen molar-refractivity contribution in [2.45, 2.75) is 6.61 Å². The zero-order chi connectivity index (χ0) is 27.0. The van der Waals surface area contributed by atoms with Crippen LogP contribution in [0.3, 0.4) is 0 Å². The molecule has 0 saturated heterocycles. The maximum Gasteiger partial charge on any atom is 0.272 e. The average Bonchev–Trinajstić information content (AvgIpc) is 3.00. The predicted octanol–water partition coefficient (Wildman–Crippen LogP) is 6.12. The first-order valence-corrected chi connectivity index (χ1v) is 12.2. The summed E-state index contributed by atoms with van der Waals surface area (Å²) in [5.41, 5.74) is 7.75. The van der Waals surface area contributed by atoms with Crippen molar-refractivity contribution in [1.82, 2.24) is 10.4 Å².